The van der Waals surface area contributed by atoms with Crippen LogP contribution in [0.3, 0.4) is 0 Å². The van der Waals surface area contributed by atoms with Gasteiger partial charge in [-0.3, -0.25) is 14.4 Å². The van der Waals surface area contributed by atoms with Gasteiger partial charge in [-0.15, -0.1) is 0 Å². The van der Waals surface area contributed by atoms with Gasteiger partial charge in [0.25, 0.3) is 5.91 Å². The molecule has 0 spiro atoms. The van der Waals surface area contributed by atoms with Crippen molar-refractivity contribution in [2.45, 2.75) is 13.1 Å². The third kappa shape index (κ3) is 4.25. The van der Waals surface area contributed by atoms with Gasteiger partial charge in [-0.1, -0.05) is 12.1 Å². The van der Waals surface area contributed by atoms with E-state index in [1.54, 1.807) is 34.0 Å². The minimum atomic E-state index is -0.218. The van der Waals surface area contributed by atoms with Crippen LogP contribution in [0.4, 0.5) is 4.39 Å². The topological polar surface area (TPSA) is 54.5 Å². The van der Waals surface area contributed by atoms with Crippen LogP contribution in [0.1, 0.15) is 21.9 Å². The van der Waals surface area contributed by atoms with Gasteiger partial charge in [0.1, 0.15) is 11.6 Å². The molecule has 1 aromatic carbocycles. The average molecular weight is 368 g/mol. The van der Waals surface area contributed by atoms with Crippen molar-refractivity contribution in [2.75, 3.05) is 26.2 Å². The molecule has 3 aromatic rings. The fourth-order valence-corrected chi connectivity index (χ4v) is 3.29. The molecule has 0 unspecified atom stereocenters. The van der Waals surface area contributed by atoms with Crippen molar-refractivity contribution >= 4 is 5.91 Å². The Bertz CT molecular complexity index is 898. The minimum Gasteiger partial charge on any atom is -0.454 e. The highest BCUT2D eigenvalue weighted by molar-refractivity contribution is 5.91. The molecule has 2 aromatic heterocycles. The Labute approximate surface area is 156 Å². The van der Waals surface area contributed by atoms with E-state index in [1.807, 2.05) is 24.4 Å². The maximum atomic E-state index is 13.3. The van der Waals surface area contributed by atoms with E-state index in [1.165, 1.54) is 6.07 Å². The second-order valence-electron chi connectivity index (χ2n) is 6.67. The monoisotopic (exact) mass is 368 g/mol. The number of piperazine rings is 1. The SMILES string of the molecule is O=C(c1ccc(Cn2cccn2)o1)N1CCN(Cc2cccc(F)c2)CC1. The Morgan fingerprint density at radius 3 is 2.67 bits per heavy atom. The summed E-state index contributed by atoms with van der Waals surface area (Å²) in [5.74, 6) is 0.750. The van der Waals surface area contributed by atoms with E-state index in [-0.39, 0.29) is 11.7 Å². The molecule has 6 nitrogen and oxygen atoms in total. The van der Waals surface area contributed by atoms with Crippen LogP contribution in [0.5, 0.6) is 0 Å². The van der Waals surface area contributed by atoms with Crippen LogP contribution < -0.4 is 0 Å². The van der Waals surface area contributed by atoms with E-state index in [4.69, 9.17) is 4.42 Å². The number of benzene rings is 1. The van der Waals surface area contributed by atoms with E-state index in [2.05, 4.69) is 10.00 Å². The van der Waals surface area contributed by atoms with E-state index >= 15 is 0 Å². The molecule has 0 bridgehead atoms. The standard InChI is InChI=1S/C20H21FN4O2/c21-17-4-1-3-16(13-17)14-23-9-11-24(12-10-23)20(26)19-6-5-18(27-19)15-25-8-2-7-22-25/h1-8,13H,9-12,14-15H2. The van der Waals surface area contributed by atoms with Gasteiger partial charge in [-0.2, -0.15) is 5.10 Å². The zero-order valence-electron chi connectivity index (χ0n) is 14.9. The predicted molar refractivity (Wildman–Crippen MR) is 97.6 cm³/mol. The number of amides is 1. The van der Waals surface area contributed by atoms with Crippen molar-refractivity contribution in [1.29, 1.82) is 0 Å². The second-order valence-corrected chi connectivity index (χ2v) is 6.67. The minimum absolute atomic E-state index is 0.0906. The number of carbonyl (C=O) groups is 1. The van der Waals surface area contributed by atoms with Crippen LogP contribution >= 0.6 is 0 Å². The van der Waals surface area contributed by atoms with Crippen molar-refractivity contribution in [2.24, 2.45) is 0 Å². The third-order valence-electron chi connectivity index (χ3n) is 4.70. The van der Waals surface area contributed by atoms with Crippen LogP contribution in [0.25, 0.3) is 0 Å². The zero-order valence-corrected chi connectivity index (χ0v) is 14.9. The molecule has 1 aliphatic heterocycles. The first-order chi connectivity index (χ1) is 13.2. The molecule has 1 saturated heterocycles. The van der Waals surface area contributed by atoms with Crippen LogP contribution in [-0.2, 0) is 13.1 Å². The lowest BCUT2D eigenvalue weighted by atomic mass is 10.2. The Hall–Kier alpha value is -2.93. The molecule has 0 aliphatic carbocycles. The van der Waals surface area contributed by atoms with E-state index in [0.29, 0.717) is 37.7 Å². The molecule has 1 aliphatic rings. The van der Waals surface area contributed by atoms with Gasteiger partial charge in [-0.05, 0) is 35.9 Å². The summed E-state index contributed by atoms with van der Waals surface area (Å²) >= 11 is 0. The lowest BCUT2D eigenvalue weighted by Crippen LogP contribution is -2.48. The molecule has 0 saturated carbocycles. The third-order valence-corrected chi connectivity index (χ3v) is 4.70. The van der Waals surface area contributed by atoms with E-state index < -0.39 is 0 Å². The number of nitrogens with zero attached hydrogens (tertiary/aromatic N) is 4. The number of carbonyl (C=O) groups excluding carboxylic acids is 1. The van der Waals surface area contributed by atoms with Gasteiger partial charge in [0, 0.05) is 45.1 Å². The van der Waals surface area contributed by atoms with E-state index in [0.717, 1.165) is 18.7 Å². The normalized spacial score (nSPS) is 15.2. The fraction of sp³-hybridized carbons (Fsp3) is 0.300. The maximum Gasteiger partial charge on any atom is 0.289 e. The summed E-state index contributed by atoms with van der Waals surface area (Å²) in [5.41, 5.74) is 0.948. The van der Waals surface area contributed by atoms with Crippen LogP contribution in [-0.4, -0.2) is 51.7 Å². The molecule has 7 heteroatoms. The highest BCUT2D eigenvalue weighted by Gasteiger charge is 2.24. The number of aromatic nitrogens is 2. The van der Waals surface area contributed by atoms with Gasteiger partial charge in [0.05, 0.1) is 6.54 Å². The quantitative estimate of drug-likeness (QED) is 0.695. The fourth-order valence-electron chi connectivity index (χ4n) is 3.29. The molecule has 0 N–H and O–H groups in total. The van der Waals surface area contributed by atoms with Crippen molar-refractivity contribution in [1.82, 2.24) is 19.6 Å². The molecule has 1 amide bonds. The molecule has 4 rings (SSSR count). The van der Waals surface area contributed by atoms with Gasteiger partial charge >= 0.3 is 0 Å². The average Bonchev–Trinajstić information content (AvgIpc) is 3.34. The summed E-state index contributed by atoms with van der Waals surface area (Å²) in [7, 11) is 0. The molecule has 1 fully saturated rings. The molecular weight excluding hydrogens is 347 g/mol. The smallest absolute Gasteiger partial charge is 0.289 e. The van der Waals surface area contributed by atoms with Gasteiger partial charge in [-0.25, -0.2) is 4.39 Å². The van der Waals surface area contributed by atoms with Gasteiger partial charge < -0.3 is 9.32 Å². The van der Waals surface area contributed by atoms with Gasteiger partial charge in [0.2, 0.25) is 0 Å². The summed E-state index contributed by atoms with van der Waals surface area (Å²) in [5, 5.41) is 4.14. The summed E-state index contributed by atoms with van der Waals surface area (Å²) in [6.07, 6.45) is 3.56. The van der Waals surface area contributed by atoms with Crippen LogP contribution in [0.15, 0.2) is 59.3 Å². The number of rotatable bonds is 5. The number of hydrogen-bond acceptors (Lipinski definition) is 4. The largest absolute Gasteiger partial charge is 0.454 e. The maximum absolute atomic E-state index is 13.3. The lowest BCUT2D eigenvalue weighted by molar-refractivity contribution is 0.0595. The first-order valence-electron chi connectivity index (χ1n) is 8.99. The highest BCUT2D eigenvalue weighted by atomic mass is 19.1. The van der Waals surface area contributed by atoms with Crippen molar-refractivity contribution in [3.8, 4) is 0 Å². The lowest BCUT2D eigenvalue weighted by Gasteiger charge is -2.34. The molecule has 140 valence electrons. The molecule has 27 heavy (non-hydrogen) atoms. The Balaban J connectivity index is 1.31. The van der Waals surface area contributed by atoms with Crippen molar-refractivity contribution in [3.05, 3.63) is 77.8 Å². The van der Waals surface area contributed by atoms with Crippen LogP contribution in [0, 0.1) is 5.82 Å². The number of hydrogen-bond donors (Lipinski definition) is 0. The van der Waals surface area contributed by atoms with Gasteiger partial charge in [0.15, 0.2) is 5.76 Å². The zero-order chi connectivity index (χ0) is 18.6. The first kappa shape index (κ1) is 17.5. The number of halogens is 1. The Morgan fingerprint density at radius 2 is 1.93 bits per heavy atom. The molecule has 0 radical (unpaired) electrons. The summed E-state index contributed by atoms with van der Waals surface area (Å²) in [4.78, 5) is 16.7. The summed E-state index contributed by atoms with van der Waals surface area (Å²) in [6, 6.07) is 12.0. The van der Waals surface area contributed by atoms with Crippen molar-refractivity contribution < 1.29 is 13.6 Å². The second kappa shape index (κ2) is 7.75. The first-order valence-corrected chi connectivity index (χ1v) is 8.99. The molecule has 3 heterocycles. The van der Waals surface area contributed by atoms with Crippen molar-refractivity contribution in [3.63, 3.8) is 0 Å². The molecular formula is C20H21FN4O2. The highest BCUT2D eigenvalue weighted by Crippen LogP contribution is 2.15. The Morgan fingerprint density at radius 1 is 1.07 bits per heavy atom. The summed E-state index contributed by atoms with van der Waals surface area (Å²) in [6.45, 7) is 3.95. The Kier molecular flexibility index (Phi) is 5.02. The summed E-state index contributed by atoms with van der Waals surface area (Å²) < 4.78 is 20.8. The molecule has 0 atom stereocenters. The van der Waals surface area contributed by atoms with Crippen LogP contribution in [0.2, 0.25) is 0 Å². The number of furan rings is 1. The van der Waals surface area contributed by atoms with E-state index in [9.17, 15) is 9.18 Å². The predicted octanol–water partition coefficient (Wildman–Crippen LogP) is 2.62.